The maximum atomic E-state index is 15.0. The van der Waals surface area contributed by atoms with E-state index in [9.17, 15) is 24.3 Å². The number of piperazine rings is 1. The van der Waals surface area contributed by atoms with Gasteiger partial charge in [0.2, 0.25) is 17.2 Å². The third-order valence-electron chi connectivity index (χ3n) is 6.35. The molecule has 0 aliphatic carbocycles. The van der Waals surface area contributed by atoms with Crippen LogP contribution in [0.15, 0.2) is 23.1 Å². The predicted octanol–water partition coefficient (Wildman–Crippen LogP) is 1.13. The summed E-state index contributed by atoms with van der Waals surface area (Å²) in [5, 5.41) is 9.32. The standard InChI is InChI=1S/C22H25FN4O5/c1-3-24-12-14(22(31)32)20(29)13-9-15(23)17(10-16(13)24)25-5-7-26(8-6-25)18-11-19(28)27(4-2)21(18)30/h9-10,12,18H,3-8,11H2,1-2H3,(H,31,32)/t18-/m0/s1. The van der Waals surface area contributed by atoms with Crippen LogP contribution in [0.5, 0.6) is 0 Å². The Labute approximate surface area is 183 Å². The second-order valence-electron chi connectivity index (χ2n) is 8.00. The van der Waals surface area contributed by atoms with Crippen molar-refractivity contribution in [2.45, 2.75) is 32.9 Å². The number of amides is 2. The van der Waals surface area contributed by atoms with Crippen molar-refractivity contribution in [2.75, 3.05) is 37.6 Å². The summed E-state index contributed by atoms with van der Waals surface area (Å²) in [5.41, 5.74) is -0.309. The molecular weight excluding hydrogens is 419 g/mol. The number of imide groups is 1. The number of pyridine rings is 1. The van der Waals surface area contributed by atoms with Crippen LogP contribution in [0.1, 0.15) is 30.6 Å². The van der Waals surface area contributed by atoms with Gasteiger partial charge < -0.3 is 14.6 Å². The van der Waals surface area contributed by atoms with E-state index < -0.39 is 28.8 Å². The zero-order chi connectivity index (χ0) is 23.2. The number of rotatable bonds is 5. The third-order valence-corrected chi connectivity index (χ3v) is 6.35. The molecule has 2 aliphatic rings. The Balaban J connectivity index is 1.60. The van der Waals surface area contributed by atoms with Crippen molar-refractivity contribution in [1.29, 1.82) is 0 Å². The lowest BCUT2D eigenvalue weighted by molar-refractivity contribution is -0.139. The fraction of sp³-hybridized carbons (Fsp3) is 0.455. The summed E-state index contributed by atoms with van der Waals surface area (Å²) in [7, 11) is 0. The molecule has 0 saturated carbocycles. The van der Waals surface area contributed by atoms with E-state index in [4.69, 9.17) is 0 Å². The first-order chi connectivity index (χ1) is 15.3. The molecule has 1 N–H and O–H groups in total. The number of carboxylic acid groups (broad SMARTS) is 1. The van der Waals surface area contributed by atoms with E-state index in [-0.39, 0.29) is 23.6 Å². The van der Waals surface area contributed by atoms with E-state index in [0.29, 0.717) is 50.5 Å². The van der Waals surface area contributed by atoms with Gasteiger partial charge in [0.15, 0.2) is 0 Å². The number of carbonyl (C=O) groups excluding carboxylic acids is 2. The van der Waals surface area contributed by atoms with E-state index in [1.807, 2.05) is 16.7 Å². The number of nitrogens with zero attached hydrogens (tertiary/aromatic N) is 4. The minimum absolute atomic E-state index is 0.0290. The molecule has 32 heavy (non-hydrogen) atoms. The Morgan fingerprint density at radius 2 is 1.78 bits per heavy atom. The topological polar surface area (TPSA) is 103 Å². The van der Waals surface area contributed by atoms with E-state index in [0.717, 1.165) is 6.07 Å². The molecule has 0 spiro atoms. The highest BCUT2D eigenvalue weighted by Gasteiger charge is 2.41. The maximum Gasteiger partial charge on any atom is 0.341 e. The Kier molecular flexibility index (Phi) is 5.72. The number of carbonyl (C=O) groups is 3. The molecule has 2 amide bonds. The van der Waals surface area contributed by atoms with Crippen LogP contribution in [0.4, 0.5) is 10.1 Å². The Hall–Kier alpha value is -3.27. The molecule has 1 aromatic heterocycles. The van der Waals surface area contributed by atoms with Crippen LogP contribution in [0.2, 0.25) is 0 Å². The van der Waals surface area contributed by atoms with Crippen LogP contribution in [-0.4, -0.2) is 76.0 Å². The molecule has 4 rings (SSSR count). The Morgan fingerprint density at radius 3 is 2.34 bits per heavy atom. The lowest BCUT2D eigenvalue weighted by Crippen LogP contribution is -2.52. The van der Waals surface area contributed by atoms with Gasteiger partial charge in [-0.15, -0.1) is 0 Å². The molecule has 10 heteroatoms. The Bertz CT molecular complexity index is 1170. The molecule has 1 aromatic carbocycles. The largest absolute Gasteiger partial charge is 0.477 e. The van der Waals surface area contributed by atoms with Gasteiger partial charge in [0.05, 0.1) is 23.7 Å². The van der Waals surface area contributed by atoms with Crippen LogP contribution < -0.4 is 10.3 Å². The van der Waals surface area contributed by atoms with E-state index in [1.54, 1.807) is 17.6 Å². The zero-order valence-corrected chi connectivity index (χ0v) is 18.0. The molecule has 0 radical (unpaired) electrons. The van der Waals surface area contributed by atoms with Crippen molar-refractivity contribution in [3.63, 3.8) is 0 Å². The normalized spacial score (nSPS) is 19.9. The van der Waals surface area contributed by atoms with Crippen molar-refractivity contribution in [3.8, 4) is 0 Å². The first kappa shape index (κ1) is 21.9. The number of likely N-dealkylation sites (tertiary alicyclic amines) is 1. The lowest BCUT2D eigenvalue weighted by atomic mass is 10.1. The second kappa shape index (κ2) is 8.34. The minimum atomic E-state index is -1.35. The minimum Gasteiger partial charge on any atom is -0.477 e. The van der Waals surface area contributed by atoms with Gasteiger partial charge in [0, 0.05) is 50.9 Å². The van der Waals surface area contributed by atoms with Gasteiger partial charge in [-0.1, -0.05) is 0 Å². The molecule has 9 nitrogen and oxygen atoms in total. The summed E-state index contributed by atoms with van der Waals surface area (Å²) in [4.78, 5) is 53.5. The number of aromatic nitrogens is 1. The van der Waals surface area contributed by atoms with Crippen LogP contribution in [0.3, 0.4) is 0 Å². The van der Waals surface area contributed by atoms with E-state index in [1.165, 1.54) is 11.1 Å². The van der Waals surface area contributed by atoms with Gasteiger partial charge >= 0.3 is 5.97 Å². The maximum absolute atomic E-state index is 15.0. The van der Waals surface area contributed by atoms with Crippen molar-refractivity contribution in [2.24, 2.45) is 0 Å². The van der Waals surface area contributed by atoms with Crippen molar-refractivity contribution in [1.82, 2.24) is 14.4 Å². The fourth-order valence-corrected chi connectivity index (χ4v) is 4.61. The number of aromatic carboxylic acids is 1. The molecular formula is C22H25FN4O5. The smallest absolute Gasteiger partial charge is 0.341 e. The number of halogens is 1. The second-order valence-corrected chi connectivity index (χ2v) is 8.00. The van der Waals surface area contributed by atoms with Crippen LogP contribution in [-0.2, 0) is 16.1 Å². The van der Waals surface area contributed by atoms with E-state index in [2.05, 4.69) is 0 Å². The number of likely N-dealkylation sites (N-methyl/N-ethyl adjacent to an activating group) is 1. The monoisotopic (exact) mass is 444 g/mol. The fourth-order valence-electron chi connectivity index (χ4n) is 4.61. The van der Waals surface area contributed by atoms with E-state index >= 15 is 4.39 Å². The van der Waals surface area contributed by atoms with Crippen LogP contribution >= 0.6 is 0 Å². The average molecular weight is 444 g/mol. The molecule has 2 aromatic rings. The molecule has 2 fully saturated rings. The quantitative estimate of drug-likeness (QED) is 0.690. The van der Waals surface area contributed by atoms with Gasteiger partial charge in [0.1, 0.15) is 11.4 Å². The molecule has 2 saturated heterocycles. The van der Waals surface area contributed by atoms with Gasteiger partial charge in [-0.2, -0.15) is 0 Å². The van der Waals surface area contributed by atoms with Crippen LogP contribution in [0.25, 0.3) is 10.9 Å². The van der Waals surface area contributed by atoms with Gasteiger partial charge in [-0.05, 0) is 26.0 Å². The number of hydrogen-bond acceptors (Lipinski definition) is 6. The molecule has 1 atom stereocenters. The highest BCUT2D eigenvalue weighted by molar-refractivity contribution is 6.05. The first-order valence-electron chi connectivity index (χ1n) is 10.7. The number of benzene rings is 1. The highest BCUT2D eigenvalue weighted by atomic mass is 19.1. The number of hydrogen-bond donors (Lipinski definition) is 1. The molecule has 0 bridgehead atoms. The molecule has 2 aliphatic heterocycles. The summed E-state index contributed by atoms with van der Waals surface area (Å²) >= 11 is 0. The zero-order valence-electron chi connectivity index (χ0n) is 18.0. The summed E-state index contributed by atoms with van der Waals surface area (Å²) in [5.74, 6) is -2.29. The van der Waals surface area contributed by atoms with Gasteiger partial charge in [-0.3, -0.25) is 24.2 Å². The highest BCUT2D eigenvalue weighted by Crippen LogP contribution is 2.28. The number of carboxylic acids is 1. The van der Waals surface area contributed by atoms with Gasteiger partial charge in [-0.25, -0.2) is 9.18 Å². The van der Waals surface area contributed by atoms with Gasteiger partial charge in [0.25, 0.3) is 0 Å². The SMILES string of the molecule is CCN1C(=O)C[C@H](N2CCN(c3cc4c(cc3F)c(=O)c(C(=O)O)cn4CC)CC2)C1=O. The first-order valence-corrected chi connectivity index (χ1v) is 10.7. The summed E-state index contributed by atoms with van der Waals surface area (Å²) in [6.07, 6.45) is 1.46. The van der Waals surface area contributed by atoms with Crippen molar-refractivity contribution < 1.29 is 23.9 Å². The van der Waals surface area contributed by atoms with Crippen molar-refractivity contribution >= 4 is 34.4 Å². The number of aryl methyl sites for hydroxylation is 1. The van der Waals surface area contributed by atoms with Crippen LogP contribution in [0, 0.1) is 5.82 Å². The average Bonchev–Trinajstić information content (AvgIpc) is 3.07. The molecule has 170 valence electrons. The number of fused-ring (bicyclic) bond motifs is 1. The molecule has 3 heterocycles. The lowest BCUT2D eigenvalue weighted by Gasteiger charge is -2.38. The third kappa shape index (κ3) is 3.54. The summed E-state index contributed by atoms with van der Waals surface area (Å²) in [6.45, 7) is 6.27. The predicted molar refractivity (Wildman–Crippen MR) is 115 cm³/mol. The summed E-state index contributed by atoms with van der Waals surface area (Å²) in [6, 6.07) is 2.22. The summed E-state index contributed by atoms with van der Waals surface area (Å²) < 4.78 is 16.6. The number of anilines is 1. The van der Waals surface area contributed by atoms with Crippen molar-refractivity contribution in [3.05, 3.63) is 39.9 Å². The molecule has 0 unspecified atom stereocenters. The Morgan fingerprint density at radius 1 is 1.09 bits per heavy atom.